The molecule has 0 spiro atoms. The van der Waals surface area contributed by atoms with Gasteiger partial charge >= 0.3 is 0 Å². The summed E-state index contributed by atoms with van der Waals surface area (Å²) in [6.07, 6.45) is 7.36. The zero-order valence-electron chi connectivity index (χ0n) is 12.5. The van der Waals surface area contributed by atoms with Crippen LogP contribution in [-0.2, 0) is 0 Å². The number of nitrogens with zero attached hydrogens (tertiary/aromatic N) is 2. The molecule has 0 saturated heterocycles. The van der Waals surface area contributed by atoms with Gasteiger partial charge in [-0.3, -0.25) is 5.32 Å². The van der Waals surface area contributed by atoms with E-state index >= 15 is 0 Å². The van der Waals surface area contributed by atoms with Gasteiger partial charge in [0.1, 0.15) is 5.54 Å². The van der Waals surface area contributed by atoms with Crippen molar-refractivity contribution in [3.8, 4) is 6.07 Å². The van der Waals surface area contributed by atoms with Gasteiger partial charge in [0.15, 0.2) is 0 Å². The molecule has 2 atom stereocenters. The van der Waals surface area contributed by atoms with Crippen molar-refractivity contribution in [3.05, 3.63) is 0 Å². The molecule has 104 valence electrons. The maximum Gasteiger partial charge on any atom is 0.105 e. The van der Waals surface area contributed by atoms with Crippen LogP contribution in [-0.4, -0.2) is 36.1 Å². The topological polar surface area (TPSA) is 39.1 Å². The average molecular weight is 251 g/mol. The summed E-state index contributed by atoms with van der Waals surface area (Å²) in [4.78, 5) is 2.48. The molecule has 3 nitrogen and oxygen atoms in total. The molecule has 1 N–H and O–H groups in total. The summed E-state index contributed by atoms with van der Waals surface area (Å²) in [5.41, 5.74) is -0.387. The first kappa shape index (κ1) is 15.5. The van der Waals surface area contributed by atoms with E-state index in [1.165, 1.54) is 25.7 Å². The summed E-state index contributed by atoms with van der Waals surface area (Å²) < 4.78 is 0. The second-order valence-corrected chi connectivity index (χ2v) is 6.03. The smallest absolute Gasteiger partial charge is 0.105 e. The molecular formula is C15H29N3. The van der Waals surface area contributed by atoms with Gasteiger partial charge in [0.05, 0.1) is 6.07 Å². The highest BCUT2D eigenvalue weighted by atomic mass is 15.2. The lowest BCUT2D eigenvalue weighted by Crippen LogP contribution is -2.48. The molecule has 0 aromatic carbocycles. The Bertz CT molecular complexity index is 278. The van der Waals surface area contributed by atoms with Crippen molar-refractivity contribution >= 4 is 0 Å². The van der Waals surface area contributed by atoms with Gasteiger partial charge in [0, 0.05) is 12.1 Å². The molecule has 1 rings (SSSR count). The Balaban J connectivity index is 2.50. The number of rotatable bonds is 7. The van der Waals surface area contributed by atoms with Crippen LogP contribution in [0.25, 0.3) is 0 Å². The minimum Gasteiger partial charge on any atom is -0.301 e. The summed E-state index contributed by atoms with van der Waals surface area (Å²) >= 11 is 0. The fraction of sp³-hybridized carbons (Fsp3) is 0.933. The highest BCUT2D eigenvalue weighted by molar-refractivity contribution is 5.05. The predicted octanol–water partition coefficient (Wildman–Crippen LogP) is 2.92. The molecule has 1 aliphatic rings. The molecule has 0 bridgehead atoms. The standard InChI is InChI=1S/C15H29N3/c1-5-10-17-15(3,12-16)11-13(2)18(4)14-8-6-7-9-14/h13-14,17H,5-11H2,1-4H3. The molecule has 0 aromatic heterocycles. The Kier molecular flexibility index (Phi) is 6.11. The van der Waals surface area contributed by atoms with Crippen LogP contribution in [0.5, 0.6) is 0 Å². The van der Waals surface area contributed by atoms with Crippen molar-refractivity contribution in [1.29, 1.82) is 5.26 Å². The first-order chi connectivity index (χ1) is 8.52. The van der Waals surface area contributed by atoms with Crippen molar-refractivity contribution in [2.24, 2.45) is 0 Å². The number of nitrogens with one attached hydrogen (secondary N) is 1. The summed E-state index contributed by atoms with van der Waals surface area (Å²) in [6, 6.07) is 3.64. The van der Waals surface area contributed by atoms with E-state index in [-0.39, 0.29) is 5.54 Å². The Hall–Kier alpha value is -0.590. The van der Waals surface area contributed by atoms with Crippen LogP contribution in [0, 0.1) is 11.3 Å². The van der Waals surface area contributed by atoms with Crippen LogP contribution in [0.1, 0.15) is 59.3 Å². The second-order valence-electron chi connectivity index (χ2n) is 6.03. The second kappa shape index (κ2) is 7.11. The van der Waals surface area contributed by atoms with Crippen LogP contribution >= 0.6 is 0 Å². The van der Waals surface area contributed by atoms with Gasteiger partial charge in [0.25, 0.3) is 0 Å². The lowest BCUT2D eigenvalue weighted by atomic mass is 9.93. The minimum atomic E-state index is -0.387. The van der Waals surface area contributed by atoms with E-state index in [1.807, 2.05) is 6.92 Å². The normalized spacial score (nSPS) is 21.8. The average Bonchev–Trinajstić information content (AvgIpc) is 2.89. The fourth-order valence-electron chi connectivity index (χ4n) is 2.96. The molecule has 0 radical (unpaired) electrons. The largest absolute Gasteiger partial charge is 0.301 e. The predicted molar refractivity (Wildman–Crippen MR) is 76.4 cm³/mol. The Morgan fingerprint density at radius 2 is 2.06 bits per heavy atom. The third kappa shape index (κ3) is 4.26. The van der Waals surface area contributed by atoms with E-state index in [9.17, 15) is 5.26 Å². The van der Waals surface area contributed by atoms with Gasteiger partial charge < -0.3 is 4.90 Å². The van der Waals surface area contributed by atoms with Gasteiger partial charge in [-0.15, -0.1) is 0 Å². The van der Waals surface area contributed by atoms with Crippen LogP contribution < -0.4 is 5.32 Å². The maximum absolute atomic E-state index is 9.38. The van der Waals surface area contributed by atoms with Gasteiger partial charge in [-0.2, -0.15) is 5.26 Å². The number of hydrogen-bond donors (Lipinski definition) is 1. The van der Waals surface area contributed by atoms with Crippen molar-refractivity contribution in [2.45, 2.75) is 76.9 Å². The molecule has 1 fully saturated rings. The molecule has 1 aliphatic carbocycles. The third-order valence-corrected chi connectivity index (χ3v) is 4.31. The zero-order chi connectivity index (χ0) is 13.6. The minimum absolute atomic E-state index is 0.387. The third-order valence-electron chi connectivity index (χ3n) is 4.31. The van der Waals surface area contributed by atoms with Crippen LogP contribution in [0.15, 0.2) is 0 Å². The summed E-state index contributed by atoms with van der Waals surface area (Å²) in [5, 5.41) is 12.8. The number of nitriles is 1. The number of hydrogen-bond acceptors (Lipinski definition) is 3. The van der Waals surface area contributed by atoms with Gasteiger partial charge in [-0.25, -0.2) is 0 Å². The molecular weight excluding hydrogens is 222 g/mol. The molecule has 0 aliphatic heterocycles. The van der Waals surface area contributed by atoms with Gasteiger partial charge in [-0.1, -0.05) is 19.8 Å². The quantitative estimate of drug-likeness (QED) is 0.756. The van der Waals surface area contributed by atoms with E-state index < -0.39 is 0 Å². The first-order valence-corrected chi connectivity index (χ1v) is 7.40. The summed E-state index contributed by atoms with van der Waals surface area (Å²) in [7, 11) is 2.22. The van der Waals surface area contributed by atoms with Crippen molar-refractivity contribution < 1.29 is 0 Å². The highest BCUT2D eigenvalue weighted by Gasteiger charge is 2.30. The van der Waals surface area contributed by atoms with Crippen molar-refractivity contribution in [3.63, 3.8) is 0 Å². The maximum atomic E-state index is 9.38. The lowest BCUT2D eigenvalue weighted by molar-refractivity contribution is 0.158. The Morgan fingerprint density at radius 3 is 2.56 bits per heavy atom. The molecule has 1 saturated carbocycles. The van der Waals surface area contributed by atoms with Gasteiger partial charge in [-0.05, 0) is 53.1 Å². The van der Waals surface area contributed by atoms with Crippen LogP contribution in [0.3, 0.4) is 0 Å². The molecule has 3 heteroatoms. The fourth-order valence-corrected chi connectivity index (χ4v) is 2.96. The molecule has 0 amide bonds. The summed E-state index contributed by atoms with van der Waals surface area (Å²) in [5.74, 6) is 0. The van der Waals surface area contributed by atoms with E-state index in [0.717, 1.165) is 25.4 Å². The van der Waals surface area contributed by atoms with E-state index in [4.69, 9.17) is 0 Å². The van der Waals surface area contributed by atoms with Crippen molar-refractivity contribution in [2.75, 3.05) is 13.6 Å². The van der Waals surface area contributed by atoms with E-state index in [2.05, 4.69) is 37.2 Å². The monoisotopic (exact) mass is 251 g/mol. The van der Waals surface area contributed by atoms with Crippen molar-refractivity contribution in [1.82, 2.24) is 10.2 Å². The summed E-state index contributed by atoms with van der Waals surface area (Å²) in [6.45, 7) is 7.34. The van der Waals surface area contributed by atoms with Gasteiger partial charge in [0.2, 0.25) is 0 Å². The lowest BCUT2D eigenvalue weighted by Gasteiger charge is -2.35. The van der Waals surface area contributed by atoms with Crippen LogP contribution in [0.4, 0.5) is 0 Å². The first-order valence-electron chi connectivity index (χ1n) is 7.40. The molecule has 0 heterocycles. The zero-order valence-corrected chi connectivity index (χ0v) is 12.5. The Morgan fingerprint density at radius 1 is 1.44 bits per heavy atom. The van der Waals surface area contributed by atoms with E-state index in [0.29, 0.717) is 6.04 Å². The molecule has 18 heavy (non-hydrogen) atoms. The Labute approximate surface area is 113 Å². The molecule has 2 unspecified atom stereocenters. The highest BCUT2D eigenvalue weighted by Crippen LogP contribution is 2.26. The van der Waals surface area contributed by atoms with Crippen LogP contribution in [0.2, 0.25) is 0 Å². The SMILES string of the molecule is CCCNC(C)(C#N)CC(C)N(C)C1CCCC1. The van der Waals surface area contributed by atoms with E-state index in [1.54, 1.807) is 0 Å². The molecule has 0 aromatic rings.